The van der Waals surface area contributed by atoms with Crippen LogP contribution in [0.25, 0.3) is 0 Å². The van der Waals surface area contributed by atoms with E-state index in [0.29, 0.717) is 23.5 Å². The maximum atomic E-state index is 12.3. The predicted molar refractivity (Wildman–Crippen MR) is 75.8 cm³/mol. The minimum atomic E-state index is -0.128. The summed E-state index contributed by atoms with van der Waals surface area (Å²) in [5.41, 5.74) is 1.82. The first-order valence-electron chi connectivity index (χ1n) is 6.07. The number of aryl methyl sites for hydroxylation is 1. The lowest BCUT2D eigenvalue weighted by Crippen LogP contribution is -2.30. The number of nitrogens with zero attached hydrogens (tertiary/aromatic N) is 2. The first kappa shape index (κ1) is 13.8. The summed E-state index contributed by atoms with van der Waals surface area (Å²) >= 11 is 3.20. The third-order valence-electron chi connectivity index (χ3n) is 2.75. The van der Waals surface area contributed by atoms with Crippen molar-refractivity contribution in [2.24, 2.45) is 0 Å². The quantitative estimate of drug-likeness (QED) is 0.866. The van der Waals surface area contributed by atoms with Gasteiger partial charge in [0, 0.05) is 12.2 Å². The Kier molecular flexibility index (Phi) is 4.37. The maximum Gasteiger partial charge on any atom is 0.289 e. The van der Waals surface area contributed by atoms with E-state index in [9.17, 15) is 4.79 Å². The molecule has 4 nitrogen and oxygen atoms in total. The van der Waals surface area contributed by atoms with Gasteiger partial charge in [0.1, 0.15) is 0 Å². The highest BCUT2D eigenvalue weighted by Gasteiger charge is 2.18. The summed E-state index contributed by atoms with van der Waals surface area (Å²) in [5.74, 6) is 0.206. The van der Waals surface area contributed by atoms with Crippen molar-refractivity contribution >= 4 is 21.8 Å². The Bertz CT molecular complexity index is 580. The molecule has 2 heterocycles. The number of furan rings is 1. The van der Waals surface area contributed by atoms with E-state index in [1.807, 2.05) is 32.0 Å². The molecule has 0 N–H and O–H groups in total. The van der Waals surface area contributed by atoms with Gasteiger partial charge in [-0.05, 0) is 54.0 Å². The van der Waals surface area contributed by atoms with E-state index in [-0.39, 0.29) is 5.91 Å². The van der Waals surface area contributed by atoms with E-state index >= 15 is 0 Å². The van der Waals surface area contributed by atoms with Crippen LogP contribution in [0, 0.1) is 6.92 Å². The standard InChI is InChI=1S/C14H15BrN2O2/c1-3-17(9-11-6-4-5-10(2)16-11)14(18)12-7-8-13(15)19-12/h4-8H,3,9H2,1-2H3. The van der Waals surface area contributed by atoms with E-state index in [1.165, 1.54) is 0 Å². The molecule has 0 saturated carbocycles. The second-order valence-electron chi connectivity index (χ2n) is 4.19. The van der Waals surface area contributed by atoms with Gasteiger partial charge in [0.15, 0.2) is 10.4 Å². The Balaban J connectivity index is 2.14. The number of carbonyl (C=O) groups is 1. The van der Waals surface area contributed by atoms with Crippen LogP contribution >= 0.6 is 15.9 Å². The second kappa shape index (κ2) is 6.02. The Labute approximate surface area is 120 Å². The lowest BCUT2D eigenvalue weighted by atomic mass is 10.3. The van der Waals surface area contributed by atoms with Crippen molar-refractivity contribution in [2.75, 3.05) is 6.54 Å². The van der Waals surface area contributed by atoms with E-state index in [1.54, 1.807) is 17.0 Å². The summed E-state index contributed by atoms with van der Waals surface area (Å²) in [7, 11) is 0. The van der Waals surface area contributed by atoms with Crippen LogP contribution in [0.1, 0.15) is 28.9 Å². The van der Waals surface area contributed by atoms with Crippen LogP contribution in [0.4, 0.5) is 0 Å². The van der Waals surface area contributed by atoms with Crippen LogP contribution in [0.5, 0.6) is 0 Å². The molecule has 2 aromatic heterocycles. The molecule has 2 rings (SSSR count). The zero-order valence-electron chi connectivity index (χ0n) is 10.9. The fourth-order valence-electron chi connectivity index (χ4n) is 1.80. The molecule has 0 aromatic carbocycles. The molecule has 0 radical (unpaired) electrons. The third-order valence-corrected chi connectivity index (χ3v) is 3.18. The van der Waals surface area contributed by atoms with Gasteiger partial charge in [-0.15, -0.1) is 0 Å². The van der Waals surface area contributed by atoms with Gasteiger partial charge in [0.05, 0.1) is 12.2 Å². The molecule has 0 spiro atoms. The van der Waals surface area contributed by atoms with Gasteiger partial charge < -0.3 is 9.32 Å². The number of aromatic nitrogens is 1. The van der Waals surface area contributed by atoms with Gasteiger partial charge in [0.2, 0.25) is 0 Å². The van der Waals surface area contributed by atoms with Gasteiger partial charge in [0.25, 0.3) is 5.91 Å². The van der Waals surface area contributed by atoms with Crippen molar-refractivity contribution in [1.82, 2.24) is 9.88 Å². The SMILES string of the molecule is CCN(Cc1cccc(C)n1)C(=O)c1ccc(Br)o1. The fourth-order valence-corrected chi connectivity index (χ4v) is 2.10. The molecular formula is C14H15BrN2O2. The Hall–Kier alpha value is -1.62. The van der Waals surface area contributed by atoms with Crippen LogP contribution in [-0.2, 0) is 6.54 Å². The Morgan fingerprint density at radius 1 is 1.37 bits per heavy atom. The molecule has 100 valence electrons. The summed E-state index contributed by atoms with van der Waals surface area (Å²) in [6, 6.07) is 9.18. The van der Waals surface area contributed by atoms with Crippen LogP contribution in [0.2, 0.25) is 0 Å². The summed E-state index contributed by atoms with van der Waals surface area (Å²) in [4.78, 5) is 18.4. The lowest BCUT2D eigenvalue weighted by Gasteiger charge is -2.19. The lowest BCUT2D eigenvalue weighted by molar-refractivity contribution is 0.0717. The van der Waals surface area contributed by atoms with Crippen molar-refractivity contribution in [3.8, 4) is 0 Å². The average molecular weight is 323 g/mol. The molecule has 0 fully saturated rings. The maximum absolute atomic E-state index is 12.3. The van der Waals surface area contributed by atoms with Crippen molar-refractivity contribution in [3.63, 3.8) is 0 Å². The number of amides is 1. The predicted octanol–water partition coefficient (Wildman–Crippen LogP) is 3.41. The fraction of sp³-hybridized carbons (Fsp3) is 0.286. The van der Waals surface area contributed by atoms with Crippen LogP contribution < -0.4 is 0 Å². The summed E-state index contributed by atoms with van der Waals surface area (Å²) in [5, 5.41) is 0. The number of halogens is 1. The Morgan fingerprint density at radius 2 is 2.16 bits per heavy atom. The monoisotopic (exact) mass is 322 g/mol. The van der Waals surface area contributed by atoms with Crippen molar-refractivity contribution in [2.45, 2.75) is 20.4 Å². The molecule has 0 aliphatic heterocycles. The van der Waals surface area contributed by atoms with Crippen molar-refractivity contribution < 1.29 is 9.21 Å². The molecule has 0 saturated heterocycles. The molecule has 0 aliphatic rings. The first-order valence-corrected chi connectivity index (χ1v) is 6.86. The molecule has 2 aromatic rings. The van der Waals surface area contributed by atoms with E-state index in [2.05, 4.69) is 20.9 Å². The molecule has 0 unspecified atom stereocenters. The zero-order valence-corrected chi connectivity index (χ0v) is 12.5. The minimum Gasteiger partial charge on any atom is -0.444 e. The zero-order chi connectivity index (χ0) is 13.8. The smallest absolute Gasteiger partial charge is 0.289 e. The van der Waals surface area contributed by atoms with Gasteiger partial charge in [-0.2, -0.15) is 0 Å². The van der Waals surface area contributed by atoms with Crippen molar-refractivity contribution in [1.29, 1.82) is 0 Å². The van der Waals surface area contributed by atoms with Gasteiger partial charge in [-0.3, -0.25) is 9.78 Å². The highest BCUT2D eigenvalue weighted by molar-refractivity contribution is 9.10. The van der Waals surface area contributed by atoms with Crippen LogP contribution in [0.3, 0.4) is 0 Å². The Morgan fingerprint density at radius 3 is 2.74 bits per heavy atom. The highest BCUT2D eigenvalue weighted by atomic mass is 79.9. The number of pyridine rings is 1. The molecule has 5 heteroatoms. The summed E-state index contributed by atoms with van der Waals surface area (Å²) < 4.78 is 5.85. The highest BCUT2D eigenvalue weighted by Crippen LogP contribution is 2.16. The number of hydrogen-bond acceptors (Lipinski definition) is 3. The minimum absolute atomic E-state index is 0.128. The molecule has 19 heavy (non-hydrogen) atoms. The van der Waals surface area contributed by atoms with Crippen LogP contribution in [-0.4, -0.2) is 22.3 Å². The van der Waals surface area contributed by atoms with Gasteiger partial charge in [-0.25, -0.2) is 0 Å². The number of rotatable bonds is 4. The van der Waals surface area contributed by atoms with E-state index in [0.717, 1.165) is 11.4 Å². The van der Waals surface area contributed by atoms with Gasteiger partial charge >= 0.3 is 0 Å². The average Bonchev–Trinajstić information content (AvgIpc) is 2.82. The van der Waals surface area contributed by atoms with Gasteiger partial charge in [-0.1, -0.05) is 6.07 Å². The third kappa shape index (κ3) is 3.44. The molecular weight excluding hydrogens is 308 g/mol. The van der Waals surface area contributed by atoms with Crippen molar-refractivity contribution in [3.05, 3.63) is 52.1 Å². The topological polar surface area (TPSA) is 46.3 Å². The molecule has 0 aliphatic carbocycles. The number of carbonyl (C=O) groups excluding carboxylic acids is 1. The first-order chi connectivity index (χ1) is 9.10. The second-order valence-corrected chi connectivity index (χ2v) is 4.97. The van der Waals surface area contributed by atoms with E-state index in [4.69, 9.17) is 4.42 Å². The molecule has 0 atom stereocenters. The molecule has 1 amide bonds. The number of hydrogen-bond donors (Lipinski definition) is 0. The summed E-state index contributed by atoms with van der Waals surface area (Å²) in [6.07, 6.45) is 0. The largest absolute Gasteiger partial charge is 0.444 e. The molecule has 0 bridgehead atoms. The summed E-state index contributed by atoms with van der Waals surface area (Å²) in [6.45, 7) is 4.96. The van der Waals surface area contributed by atoms with E-state index < -0.39 is 0 Å². The normalized spacial score (nSPS) is 10.5. The van der Waals surface area contributed by atoms with Crippen LogP contribution in [0.15, 0.2) is 39.4 Å².